The minimum absolute atomic E-state index is 0.126. The van der Waals surface area contributed by atoms with E-state index in [1.54, 1.807) is 0 Å². The number of methoxy groups -OCH3 is 1. The Bertz CT molecular complexity index is 391. The van der Waals surface area contributed by atoms with E-state index in [9.17, 15) is 14.9 Å². The number of nitrogens with zero attached hydrogens (tertiary/aromatic N) is 1. The Balaban J connectivity index is 3.00. The minimum atomic E-state index is -0.713. The van der Waals surface area contributed by atoms with Gasteiger partial charge in [-0.15, -0.1) is 0 Å². The Kier molecular flexibility index (Phi) is 3.35. The van der Waals surface area contributed by atoms with Gasteiger partial charge in [0.05, 0.1) is 12.0 Å². The first-order chi connectivity index (χ1) is 7.06. The third-order valence-corrected chi connectivity index (χ3v) is 1.77. The number of carbonyl (C=O) groups excluding carboxylic acids is 1. The van der Waals surface area contributed by atoms with E-state index < -0.39 is 10.9 Å². The molecule has 79 valence electrons. The fourth-order valence-corrected chi connectivity index (χ4v) is 1.01. The molecule has 1 radical (unpaired) electrons. The van der Waals surface area contributed by atoms with Crippen LogP contribution < -0.4 is 5.73 Å². The fourth-order valence-electron chi connectivity index (χ4n) is 1.01. The maximum atomic E-state index is 11.0. The van der Waals surface area contributed by atoms with Crippen LogP contribution in [0.3, 0.4) is 0 Å². The van der Waals surface area contributed by atoms with Gasteiger partial charge in [-0.25, -0.2) is 4.79 Å². The van der Waals surface area contributed by atoms with Crippen molar-refractivity contribution >= 4 is 11.7 Å². The summed E-state index contributed by atoms with van der Waals surface area (Å²) in [6.45, 7) is 0. The van der Waals surface area contributed by atoms with Crippen molar-refractivity contribution in [3.8, 4) is 0 Å². The van der Waals surface area contributed by atoms with Crippen molar-refractivity contribution in [3.05, 3.63) is 46.0 Å². The summed E-state index contributed by atoms with van der Waals surface area (Å²) in [4.78, 5) is 20.9. The molecule has 15 heavy (non-hydrogen) atoms. The van der Waals surface area contributed by atoms with Gasteiger partial charge in [0.2, 0.25) is 0 Å². The highest BCUT2D eigenvalue weighted by Gasteiger charge is 2.19. The first kappa shape index (κ1) is 11.1. The van der Waals surface area contributed by atoms with E-state index in [1.807, 2.05) is 0 Å². The third kappa shape index (κ3) is 2.50. The molecule has 0 bridgehead atoms. The van der Waals surface area contributed by atoms with E-state index in [-0.39, 0.29) is 17.3 Å². The van der Waals surface area contributed by atoms with Gasteiger partial charge in [0.1, 0.15) is 0 Å². The lowest BCUT2D eigenvalue weighted by atomic mass is 10.1. The number of esters is 1. The Morgan fingerprint density at radius 1 is 1.53 bits per heavy atom. The topological polar surface area (TPSA) is 95.5 Å². The number of hydrogen-bond donors (Lipinski definition) is 1. The summed E-state index contributed by atoms with van der Waals surface area (Å²) < 4.78 is 4.40. The number of nitro groups is 1. The number of carbonyl (C=O) groups is 1. The van der Waals surface area contributed by atoms with Crippen molar-refractivity contribution in [3.63, 3.8) is 0 Å². The largest absolute Gasteiger partial charge is 0.467 e. The lowest BCUT2D eigenvalue weighted by Gasteiger charge is -2.07. The minimum Gasteiger partial charge on any atom is -0.467 e. The molecule has 0 aliphatic carbocycles. The molecule has 0 atom stereocenters. The number of nitrogens with two attached hydrogens (primary N) is 1. The maximum Gasteiger partial charge on any atom is 0.333 e. The van der Waals surface area contributed by atoms with Gasteiger partial charge in [0, 0.05) is 12.1 Å². The predicted octanol–water partition coefficient (Wildman–Crippen LogP) is 0.607. The van der Waals surface area contributed by atoms with Crippen molar-refractivity contribution in [1.29, 1.82) is 0 Å². The molecule has 0 saturated carbocycles. The van der Waals surface area contributed by atoms with Crippen LogP contribution in [0, 0.1) is 16.2 Å². The van der Waals surface area contributed by atoms with Crippen LogP contribution in [0.4, 0.5) is 5.69 Å². The van der Waals surface area contributed by atoms with E-state index in [2.05, 4.69) is 4.74 Å². The highest BCUT2D eigenvalue weighted by Crippen LogP contribution is 2.17. The number of hydrogen-bond acceptors (Lipinski definition) is 5. The van der Waals surface area contributed by atoms with Crippen molar-refractivity contribution < 1.29 is 14.5 Å². The van der Waals surface area contributed by atoms with E-state index >= 15 is 0 Å². The maximum absolute atomic E-state index is 11.0. The molecule has 0 unspecified atom stereocenters. The summed E-state index contributed by atoms with van der Waals surface area (Å²) in [7, 11) is 1.19. The number of ether oxygens (including phenoxy) is 1. The summed E-state index contributed by atoms with van der Waals surface area (Å²) in [5.74, 6) is -0.713. The molecule has 0 aliphatic rings. The highest BCUT2D eigenvalue weighted by molar-refractivity contribution is 5.88. The molecule has 1 aromatic carbocycles. The zero-order chi connectivity index (χ0) is 11.4. The van der Waals surface area contributed by atoms with Gasteiger partial charge in [0.25, 0.3) is 5.69 Å². The number of benzene rings is 1. The monoisotopic (exact) mass is 209 g/mol. The van der Waals surface area contributed by atoms with E-state index in [1.165, 1.54) is 31.4 Å². The van der Waals surface area contributed by atoms with Crippen LogP contribution in [0.15, 0.2) is 24.3 Å². The molecule has 0 saturated heterocycles. The van der Waals surface area contributed by atoms with E-state index in [0.29, 0.717) is 0 Å². The summed E-state index contributed by atoms with van der Waals surface area (Å²) in [6.07, 6.45) is 0. The zero-order valence-electron chi connectivity index (χ0n) is 7.97. The molecule has 0 aromatic heterocycles. The molecule has 0 heterocycles. The van der Waals surface area contributed by atoms with Crippen molar-refractivity contribution in [1.82, 2.24) is 0 Å². The number of non-ortho nitro benzene ring substituents is 1. The van der Waals surface area contributed by atoms with Gasteiger partial charge in [-0.3, -0.25) is 10.1 Å². The number of nitro benzene ring substituents is 1. The van der Waals surface area contributed by atoms with Crippen LogP contribution >= 0.6 is 0 Å². The van der Waals surface area contributed by atoms with Crippen LogP contribution in [-0.2, 0) is 9.53 Å². The molecule has 0 aliphatic heterocycles. The average molecular weight is 209 g/mol. The molecule has 0 spiro atoms. The van der Waals surface area contributed by atoms with Crippen molar-refractivity contribution in [2.75, 3.05) is 7.11 Å². The predicted molar refractivity (Wildman–Crippen MR) is 51.6 cm³/mol. The van der Waals surface area contributed by atoms with Gasteiger partial charge in [-0.05, 0) is 5.56 Å². The van der Waals surface area contributed by atoms with E-state index in [0.717, 1.165) is 0 Å². The van der Waals surface area contributed by atoms with Crippen molar-refractivity contribution in [2.45, 2.75) is 0 Å². The Labute approximate surface area is 85.8 Å². The molecule has 1 rings (SSSR count). The highest BCUT2D eigenvalue weighted by atomic mass is 16.6. The van der Waals surface area contributed by atoms with Crippen LogP contribution in [0.25, 0.3) is 0 Å². The van der Waals surface area contributed by atoms with Crippen molar-refractivity contribution in [2.24, 2.45) is 5.73 Å². The number of rotatable bonds is 3. The molecule has 6 nitrogen and oxygen atoms in total. The molecule has 0 fully saturated rings. The van der Waals surface area contributed by atoms with Gasteiger partial charge in [-0.2, -0.15) is 0 Å². The normalized spacial score (nSPS) is 10.1. The molecular weight excluding hydrogens is 200 g/mol. The second-order valence-corrected chi connectivity index (χ2v) is 2.71. The van der Waals surface area contributed by atoms with Crippen LogP contribution in [0.5, 0.6) is 0 Å². The third-order valence-electron chi connectivity index (χ3n) is 1.77. The van der Waals surface area contributed by atoms with E-state index in [4.69, 9.17) is 5.73 Å². The average Bonchev–Trinajstić information content (AvgIpc) is 2.27. The summed E-state index contributed by atoms with van der Waals surface area (Å²) in [5.41, 5.74) is 5.59. The van der Waals surface area contributed by atoms with Gasteiger partial charge in [-0.1, -0.05) is 12.1 Å². The second kappa shape index (κ2) is 4.52. The fraction of sp³-hybridized carbons (Fsp3) is 0.111. The molecule has 6 heteroatoms. The van der Waals surface area contributed by atoms with Gasteiger partial charge < -0.3 is 10.5 Å². The quantitative estimate of drug-likeness (QED) is 0.447. The Hall–Kier alpha value is -1.95. The zero-order valence-corrected chi connectivity index (χ0v) is 7.97. The van der Waals surface area contributed by atoms with Crippen LogP contribution in [0.1, 0.15) is 5.56 Å². The second-order valence-electron chi connectivity index (χ2n) is 2.71. The first-order valence-electron chi connectivity index (χ1n) is 4.02. The smallest absolute Gasteiger partial charge is 0.333 e. The van der Waals surface area contributed by atoms with Crippen LogP contribution in [0.2, 0.25) is 0 Å². The summed E-state index contributed by atoms with van der Waals surface area (Å²) >= 11 is 0. The standard InChI is InChI=1S/C9H9N2O4/c1-15-9(12)8(10)6-3-2-4-7(5-6)11(13)14/h2-5H,10H2,1H3. The first-order valence-corrected chi connectivity index (χ1v) is 4.02. The van der Waals surface area contributed by atoms with Crippen LogP contribution in [-0.4, -0.2) is 18.0 Å². The molecule has 1 aromatic rings. The molecule has 0 amide bonds. The summed E-state index contributed by atoms with van der Waals surface area (Å²) in [5, 5.41) is 10.5. The molecular formula is C9H9N2O4. The molecule has 2 N–H and O–H groups in total. The summed E-state index contributed by atoms with van der Waals surface area (Å²) in [6, 6.07) is 5.32. The lowest BCUT2D eigenvalue weighted by Crippen LogP contribution is -2.23. The lowest BCUT2D eigenvalue weighted by molar-refractivity contribution is -0.384. The SMILES string of the molecule is COC(=O)[C](N)c1cccc([N+](=O)[O-])c1. The Morgan fingerprint density at radius 2 is 2.20 bits per heavy atom. The van der Waals surface area contributed by atoms with Gasteiger partial charge >= 0.3 is 5.97 Å². The van der Waals surface area contributed by atoms with Gasteiger partial charge in [0.15, 0.2) is 6.04 Å². The Morgan fingerprint density at radius 3 is 2.73 bits per heavy atom.